The summed E-state index contributed by atoms with van der Waals surface area (Å²) in [5.41, 5.74) is 0.673. The third-order valence-electron chi connectivity index (χ3n) is 4.10. The summed E-state index contributed by atoms with van der Waals surface area (Å²) in [5.74, 6) is -0.282. The van der Waals surface area contributed by atoms with Gasteiger partial charge in [-0.3, -0.25) is 9.78 Å². The number of fused-ring (bicyclic) bond motifs is 1. The molecule has 0 aliphatic heterocycles. The van der Waals surface area contributed by atoms with Gasteiger partial charge in [0.1, 0.15) is 6.42 Å². The van der Waals surface area contributed by atoms with Gasteiger partial charge in [0.05, 0.1) is 11.1 Å². The number of rotatable bonds is 4. The van der Waals surface area contributed by atoms with E-state index < -0.39 is 17.6 Å². The number of nitrogens with zero attached hydrogens (tertiary/aromatic N) is 3. The van der Waals surface area contributed by atoms with Crippen molar-refractivity contribution in [2.75, 3.05) is 5.32 Å². The molecule has 2 heterocycles. The highest BCUT2D eigenvalue weighted by Gasteiger charge is 2.30. The summed E-state index contributed by atoms with van der Waals surface area (Å²) < 4.78 is 43.8. The highest BCUT2D eigenvalue weighted by atomic mass is 19.4. The largest absolute Gasteiger partial charge is 0.420 e. The minimum absolute atomic E-state index is 0.0339. The molecule has 1 amide bonds. The molecule has 0 aliphatic rings. The molecule has 4 aromatic rings. The Morgan fingerprint density at radius 3 is 2.72 bits per heavy atom. The van der Waals surface area contributed by atoms with E-state index in [4.69, 9.17) is 4.42 Å². The molecule has 0 aliphatic carbocycles. The summed E-state index contributed by atoms with van der Waals surface area (Å²) >= 11 is 0. The Labute approximate surface area is 162 Å². The number of aromatic nitrogens is 3. The van der Waals surface area contributed by atoms with Crippen LogP contribution in [-0.4, -0.2) is 21.1 Å². The van der Waals surface area contributed by atoms with Crippen LogP contribution in [0.5, 0.6) is 0 Å². The second-order valence-corrected chi connectivity index (χ2v) is 6.22. The van der Waals surface area contributed by atoms with Gasteiger partial charge in [-0.1, -0.05) is 12.1 Å². The first kappa shape index (κ1) is 18.6. The quantitative estimate of drug-likeness (QED) is 0.548. The Balaban J connectivity index is 1.46. The average Bonchev–Trinajstić information content (AvgIpc) is 3.15. The van der Waals surface area contributed by atoms with Crippen LogP contribution in [0.1, 0.15) is 11.5 Å². The summed E-state index contributed by atoms with van der Waals surface area (Å²) in [7, 11) is 0. The van der Waals surface area contributed by atoms with Crippen LogP contribution in [0.25, 0.3) is 22.4 Å². The molecule has 4 rings (SSSR count). The zero-order valence-corrected chi connectivity index (χ0v) is 14.8. The predicted octanol–water partition coefficient (Wildman–Crippen LogP) is 4.48. The highest BCUT2D eigenvalue weighted by Crippen LogP contribution is 2.30. The van der Waals surface area contributed by atoms with Crippen LogP contribution in [0, 0.1) is 0 Å². The Morgan fingerprint density at radius 1 is 1.03 bits per heavy atom. The van der Waals surface area contributed by atoms with Crippen molar-refractivity contribution < 1.29 is 22.4 Å². The maximum atomic E-state index is 12.8. The summed E-state index contributed by atoms with van der Waals surface area (Å²) in [4.78, 5) is 16.4. The van der Waals surface area contributed by atoms with Crippen molar-refractivity contribution in [3.05, 3.63) is 72.2 Å². The average molecular weight is 398 g/mol. The topological polar surface area (TPSA) is 80.9 Å². The van der Waals surface area contributed by atoms with E-state index in [0.717, 1.165) is 23.0 Å². The van der Waals surface area contributed by atoms with Gasteiger partial charge in [0.25, 0.3) is 0 Å². The molecular weight excluding hydrogens is 385 g/mol. The molecule has 9 heteroatoms. The number of hydrogen-bond acceptors (Lipinski definition) is 5. The van der Waals surface area contributed by atoms with Crippen molar-refractivity contribution in [1.82, 2.24) is 15.2 Å². The molecule has 146 valence electrons. The molecule has 0 fully saturated rings. The molecule has 0 spiro atoms. The van der Waals surface area contributed by atoms with E-state index in [1.54, 1.807) is 12.3 Å². The van der Waals surface area contributed by atoms with Gasteiger partial charge in [0.2, 0.25) is 17.7 Å². The van der Waals surface area contributed by atoms with Gasteiger partial charge in [0.15, 0.2) is 0 Å². The van der Waals surface area contributed by atoms with Crippen molar-refractivity contribution in [3.63, 3.8) is 0 Å². The van der Waals surface area contributed by atoms with Crippen LogP contribution in [0.4, 0.5) is 18.9 Å². The lowest BCUT2D eigenvalue weighted by Crippen LogP contribution is -2.15. The zero-order valence-electron chi connectivity index (χ0n) is 14.8. The Morgan fingerprint density at radius 2 is 1.90 bits per heavy atom. The van der Waals surface area contributed by atoms with Gasteiger partial charge in [-0.2, -0.15) is 13.2 Å². The summed E-state index contributed by atoms with van der Waals surface area (Å²) in [6.07, 6.45) is -3.06. The summed E-state index contributed by atoms with van der Waals surface area (Å²) in [5, 5.41) is 11.1. The van der Waals surface area contributed by atoms with Crippen molar-refractivity contribution >= 4 is 22.5 Å². The van der Waals surface area contributed by atoms with Crippen LogP contribution in [0.3, 0.4) is 0 Å². The molecule has 0 unspecified atom stereocenters. The number of nitrogens with one attached hydrogen (secondary N) is 1. The molecule has 29 heavy (non-hydrogen) atoms. The molecule has 2 aromatic heterocycles. The fourth-order valence-corrected chi connectivity index (χ4v) is 2.77. The first-order chi connectivity index (χ1) is 13.9. The van der Waals surface area contributed by atoms with Crippen molar-refractivity contribution in [2.24, 2.45) is 0 Å². The highest BCUT2D eigenvalue weighted by molar-refractivity contribution is 5.91. The standard InChI is InChI=1S/C20H13F3N4O2/c21-20(22,23)14-4-1-5-15(10-14)25-17(28)11-18-26-27-19(29-18)13-6-7-16-12(9-13)3-2-8-24-16/h1-10H,11H2,(H,25,28). The fourth-order valence-electron chi connectivity index (χ4n) is 2.77. The van der Waals surface area contributed by atoms with Crippen LogP contribution in [0.2, 0.25) is 0 Å². The maximum Gasteiger partial charge on any atom is 0.416 e. The summed E-state index contributed by atoms with van der Waals surface area (Å²) in [6, 6.07) is 13.5. The van der Waals surface area contributed by atoms with E-state index in [2.05, 4.69) is 20.5 Å². The molecule has 2 aromatic carbocycles. The first-order valence-corrected chi connectivity index (χ1v) is 8.53. The van der Waals surface area contributed by atoms with E-state index in [1.165, 1.54) is 12.1 Å². The number of pyridine rings is 1. The lowest BCUT2D eigenvalue weighted by atomic mass is 10.1. The minimum atomic E-state index is -4.49. The minimum Gasteiger partial charge on any atom is -0.420 e. The van der Waals surface area contributed by atoms with Crippen LogP contribution >= 0.6 is 0 Å². The number of hydrogen-bond donors (Lipinski definition) is 1. The number of carbonyl (C=O) groups excluding carboxylic acids is 1. The SMILES string of the molecule is O=C(Cc1nnc(-c2ccc3ncccc3c2)o1)Nc1cccc(C(F)(F)F)c1. The van der Waals surface area contributed by atoms with Gasteiger partial charge >= 0.3 is 6.18 Å². The van der Waals surface area contributed by atoms with E-state index in [-0.39, 0.29) is 23.9 Å². The third kappa shape index (κ3) is 4.23. The second kappa shape index (κ2) is 7.34. The molecule has 0 saturated heterocycles. The van der Waals surface area contributed by atoms with Crippen molar-refractivity contribution in [1.29, 1.82) is 0 Å². The van der Waals surface area contributed by atoms with E-state index >= 15 is 0 Å². The van der Waals surface area contributed by atoms with E-state index in [1.807, 2.05) is 24.3 Å². The van der Waals surface area contributed by atoms with Crippen molar-refractivity contribution in [3.8, 4) is 11.5 Å². The monoisotopic (exact) mass is 398 g/mol. The maximum absolute atomic E-state index is 12.8. The first-order valence-electron chi connectivity index (χ1n) is 8.53. The van der Waals surface area contributed by atoms with Crippen LogP contribution < -0.4 is 5.32 Å². The van der Waals surface area contributed by atoms with Crippen molar-refractivity contribution in [2.45, 2.75) is 12.6 Å². The number of halogens is 3. The second-order valence-electron chi connectivity index (χ2n) is 6.22. The number of benzene rings is 2. The number of anilines is 1. The van der Waals surface area contributed by atoms with Gasteiger partial charge in [-0.25, -0.2) is 0 Å². The Hall–Kier alpha value is -3.75. The fraction of sp³-hybridized carbons (Fsp3) is 0.100. The number of amides is 1. The van der Waals surface area contributed by atoms with Gasteiger partial charge in [-0.15, -0.1) is 10.2 Å². The molecular formula is C20H13F3N4O2. The molecule has 0 radical (unpaired) electrons. The molecule has 0 bridgehead atoms. The Kier molecular flexibility index (Phi) is 4.71. The molecule has 0 atom stereocenters. The smallest absolute Gasteiger partial charge is 0.416 e. The molecule has 0 saturated carbocycles. The van der Waals surface area contributed by atoms with Crippen LogP contribution in [0.15, 0.2) is 65.2 Å². The van der Waals surface area contributed by atoms with E-state index in [0.29, 0.717) is 5.56 Å². The predicted molar refractivity (Wildman–Crippen MR) is 98.8 cm³/mol. The Bertz CT molecular complexity index is 1190. The van der Waals surface area contributed by atoms with Gasteiger partial charge in [0, 0.05) is 22.8 Å². The number of carbonyl (C=O) groups is 1. The normalized spacial score (nSPS) is 11.6. The molecule has 6 nitrogen and oxygen atoms in total. The molecule has 1 N–H and O–H groups in total. The van der Waals surface area contributed by atoms with Gasteiger partial charge in [-0.05, 0) is 42.5 Å². The van der Waals surface area contributed by atoms with Crippen LogP contribution in [-0.2, 0) is 17.4 Å². The van der Waals surface area contributed by atoms with Gasteiger partial charge < -0.3 is 9.73 Å². The lowest BCUT2D eigenvalue weighted by Gasteiger charge is -2.09. The lowest BCUT2D eigenvalue weighted by molar-refractivity contribution is -0.137. The summed E-state index contributed by atoms with van der Waals surface area (Å²) in [6.45, 7) is 0. The number of alkyl halides is 3. The zero-order chi connectivity index (χ0) is 20.4. The third-order valence-corrected chi connectivity index (χ3v) is 4.10. The van der Waals surface area contributed by atoms with E-state index in [9.17, 15) is 18.0 Å².